The number of aliphatic imine (C=N–C) groups is 1. The third kappa shape index (κ3) is 1.77. The summed E-state index contributed by atoms with van der Waals surface area (Å²) in [6.07, 6.45) is 0. The van der Waals surface area contributed by atoms with E-state index < -0.39 is 0 Å². The van der Waals surface area contributed by atoms with Crippen molar-refractivity contribution in [2.24, 2.45) is 4.99 Å². The minimum atomic E-state index is 0.729. The Morgan fingerprint density at radius 1 is 0.850 bits per heavy atom. The van der Waals surface area contributed by atoms with Crippen molar-refractivity contribution in [1.82, 2.24) is 0 Å². The van der Waals surface area contributed by atoms with E-state index in [4.69, 9.17) is 16.6 Å². The summed E-state index contributed by atoms with van der Waals surface area (Å²) in [5.41, 5.74) is 3.13. The third-order valence-electron chi connectivity index (χ3n) is 3.49. The fourth-order valence-corrected chi connectivity index (χ4v) is 2.66. The highest BCUT2D eigenvalue weighted by atomic mass is 35.5. The molecule has 0 fully saturated rings. The molecule has 3 aromatic carbocycles. The molecule has 3 aromatic rings. The predicted molar refractivity (Wildman–Crippen MR) is 85.2 cm³/mol. The molecule has 0 spiro atoms. The molecule has 96 valence electrons. The average Bonchev–Trinajstić information content (AvgIpc) is 2.48. The van der Waals surface area contributed by atoms with E-state index in [9.17, 15) is 0 Å². The number of rotatable bonds is 1. The fraction of sp³-hybridized carbons (Fsp3) is 0. The maximum absolute atomic E-state index is 5.94. The van der Waals surface area contributed by atoms with E-state index in [1.807, 2.05) is 36.4 Å². The second-order valence-electron chi connectivity index (χ2n) is 4.77. The van der Waals surface area contributed by atoms with Gasteiger partial charge in [0.05, 0.1) is 5.69 Å². The largest absolute Gasteiger partial charge is 0.339 e. The Kier molecular flexibility index (Phi) is 2.51. The van der Waals surface area contributed by atoms with Crippen LogP contribution in [-0.4, -0.2) is 5.84 Å². The monoisotopic (exact) mass is 278 g/mol. The maximum Gasteiger partial charge on any atom is 0.138 e. The standard InChI is InChI=1S/C17H11ClN2/c18-13-9-7-12(8-10-13)17-19-14-5-1-3-11-4-2-6-15(20-17)16(11)14/h1-10H,(H,19,20). The first-order chi connectivity index (χ1) is 9.81. The first kappa shape index (κ1) is 11.5. The van der Waals surface area contributed by atoms with Crippen molar-refractivity contribution < 1.29 is 0 Å². The molecular formula is C17H11ClN2. The molecule has 0 aliphatic carbocycles. The number of nitrogens with one attached hydrogen (secondary N) is 1. The minimum Gasteiger partial charge on any atom is -0.339 e. The molecule has 0 aromatic heterocycles. The van der Waals surface area contributed by atoms with Crippen LogP contribution in [-0.2, 0) is 0 Å². The molecular weight excluding hydrogens is 268 g/mol. The topological polar surface area (TPSA) is 24.4 Å². The molecule has 0 radical (unpaired) electrons. The Balaban J connectivity index is 1.92. The zero-order valence-corrected chi connectivity index (χ0v) is 11.4. The number of benzene rings is 3. The highest BCUT2D eigenvalue weighted by molar-refractivity contribution is 6.30. The van der Waals surface area contributed by atoms with Crippen LogP contribution in [0.2, 0.25) is 5.02 Å². The molecule has 0 bridgehead atoms. The average molecular weight is 279 g/mol. The molecule has 0 saturated heterocycles. The summed E-state index contributed by atoms with van der Waals surface area (Å²) in [6.45, 7) is 0. The maximum atomic E-state index is 5.94. The zero-order valence-electron chi connectivity index (χ0n) is 10.6. The Hall–Kier alpha value is -2.32. The molecule has 2 nitrogen and oxygen atoms in total. The van der Waals surface area contributed by atoms with Crippen LogP contribution in [0.4, 0.5) is 11.4 Å². The summed E-state index contributed by atoms with van der Waals surface area (Å²) in [5, 5.41) is 6.51. The Labute approximate surface area is 121 Å². The van der Waals surface area contributed by atoms with Gasteiger partial charge in [0.25, 0.3) is 0 Å². The van der Waals surface area contributed by atoms with Crippen molar-refractivity contribution in [2.75, 3.05) is 5.32 Å². The van der Waals surface area contributed by atoms with Gasteiger partial charge in [-0.2, -0.15) is 0 Å². The van der Waals surface area contributed by atoms with E-state index in [0.29, 0.717) is 0 Å². The van der Waals surface area contributed by atoms with Crippen LogP contribution in [0.25, 0.3) is 10.8 Å². The summed E-state index contributed by atoms with van der Waals surface area (Å²) in [5.74, 6) is 0.855. The van der Waals surface area contributed by atoms with Gasteiger partial charge in [0.15, 0.2) is 0 Å². The second-order valence-corrected chi connectivity index (χ2v) is 5.21. The second kappa shape index (κ2) is 4.36. The van der Waals surface area contributed by atoms with Gasteiger partial charge in [-0.15, -0.1) is 0 Å². The van der Waals surface area contributed by atoms with E-state index in [1.165, 1.54) is 10.8 Å². The number of hydrogen-bond donors (Lipinski definition) is 1. The van der Waals surface area contributed by atoms with Crippen molar-refractivity contribution in [3.05, 3.63) is 71.2 Å². The molecule has 3 heteroatoms. The van der Waals surface area contributed by atoms with E-state index in [1.54, 1.807) is 0 Å². The molecule has 0 unspecified atom stereocenters. The Bertz CT molecular complexity index is 830. The smallest absolute Gasteiger partial charge is 0.138 e. The van der Waals surface area contributed by atoms with E-state index in [0.717, 1.165) is 27.8 Å². The molecule has 1 aliphatic rings. The molecule has 1 heterocycles. The minimum absolute atomic E-state index is 0.729. The SMILES string of the molecule is Clc1ccc(C2=Nc3cccc4cccc(c34)N2)cc1. The highest BCUT2D eigenvalue weighted by Gasteiger charge is 2.14. The van der Waals surface area contributed by atoms with Crippen molar-refractivity contribution in [2.45, 2.75) is 0 Å². The van der Waals surface area contributed by atoms with Gasteiger partial charge in [-0.25, -0.2) is 4.99 Å². The third-order valence-corrected chi connectivity index (χ3v) is 3.74. The van der Waals surface area contributed by atoms with Crippen molar-refractivity contribution in [1.29, 1.82) is 0 Å². The van der Waals surface area contributed by atoms with Crippen LogP contribution >= 0.6 is 11.6 Å². The number of anilines is 1. The van der Waals surface area contributed by atoms with Gasteiger partial charge in [-0.05, 0) is 41.8 Å². The summed E-state index contributed by atoms with van der Waals surface area (Å²) >= 11 is 5.94. The first-order valence-corrected chi connectivity index (χ1v) is 6.82. The number of halogens is 1. The summed E-state index contributed by atoms with van der Waals surface area (Å²) in [4.78, 5) is 4.73. The normalized spacial score (nSPS) is 12.9. The van der Waals surface area contributed by atoms with E-state index >= 15 is 0 Å². The van der Waals surface area contributed by atoms with Crippen LogP contribution in [0.3, 0.4) is 0 Å². The van der Waals surface area contributed by atoms with Crippen LogP contribution in [0.15, 0.2) is 65.7 Å². The highest BCUT2D eigenvalue weighted by Crippen LogP contribution is 2.36. The van der Waals surface area contributed by atoms with Gasteiger partial charge in [-0.3, -0.25) is 0 Å². The number of amidine groups is 1. The summed E-state index contributed by atoms with van der Waals surface area (Å²) < 4.78 is 0. The molecule has 1 aliphatic heterocycles. The van der Waals surface area contributed by atoms with Gasteiger partial charge in [0.2, 0.25) is 0 Å². The molecule has 4 rings (SSSR count). The lowest BCUT2D eigenvalue weighted by Crippen LogP contribution is -2.15. The van der Waals surface area contributed by atoms with Gasteiger partial charge < -0.3 is 5.32 Å². The zero-order chi connectivity index (χ0) is 13.5. The van der Waals surface area contributed by atoms with Gasteiger partial charge in [-0.1, -0.05) is 35.9 Å². The molecule has 0 amide bonds. The Morgan fingerprint density at radius 3 is 2.40 bits per heavy atom. The van der Waals surface area contributed by atoms with Crippen LogP contribution < -0.4 is 5.32 Å². The quantitative estimate of drug-likeness (QED) is 0.666. The lowest BCUT2D eigenvalue weighted by atomic mass is 10.0. The lowest BCUT2D eigenvalue weighted by molar-refractivity contribution is 1.46. The molecule has 0 saturated carbocycles. The fourth-order valence-electron chi connectivity index (χ4n) is 2.54. The van der Waals surface area contributed by atoms with Gasteiger partial charge in [0, 0.05) is 21.7 Å². The van der Waals surface area contributed by atoms with E-state index in [-0.39, 0.29) is 0 Å². The van der Waals surface area contributed by atoms with Crippen molar-refractivity contribution in [3.63, 3.8) is 0 Å². The Morgan fingerprint density at radius 2 is 1.60 bits per heavy atom. The summed E-state index contributed by atoms with van der Waals surface area (Å²) in [7, 11) is 0. The number of hydrogen-bond acceptors (Lipinski definition) is 2. The summed E-state index contributed by atoms with van der Waals surface area (Å²) in [6, 6.07) is 20.1. The van der Waals surface area contributed by atoms with Crippen molar-refractivity contribution in [3.8, 4) is 0 Å². The van der Waals surface area contributed by atoms with Crippen LogP contribution in [0.5, 0.6) is 0 Å². The molecule has 20 heavy (non-hydrogen) atoms. The van der Waals surface area contributed by atoms with Crippen LogP contribution in [0.1, 0.15) is 5.56 Å². The van der Waals surface area contributed by atoms with E-state index in [2.05, 4.69) is 29.6 Å². The number of nitrogens with zero attached hydrogens (tertiary/aromatic N) is 1. The van der Waals surface area contributed by atoms with Crippen molar-refractivity contribution >= 4 is 39.6 Å². The predicted octanol–water partition coefficient (Wildman–Crippen LogP) is 5.00. The van der Waals surface area contributed by atoms with Gasteiger partial charge >= 0.3 is 0 Å². The molecule has 1 N–H and O–H groups in total. The first-order valence-electron chi connectivity index (χ1n) is 6.45. The van der Waals surface area contributed by atoms with Gasteiger partial charge in [0.1, 0.15) is 5.84 Å². The lowest BCUT2D eigenvalue weighted by Gasteiger charge is -2.19. The molecule has 0 atom stereocenters. The van der Waals surface area contributed by atoms with Crippen LogP contribution in [0, 0.1) is 0 Å².